The highest BCUT2D eigenvalue weighted by atomic mass is 19.1. The van der Waals surface area contributed by atoms with E-state index in [1.165, 1.54) is 12.1 Å². The topological polar surface area (TPSA) is 80.1 Å². The lowest BCUT2D eigenvalue weighted by molar-refractivity contribution is -0.133. The van der Waals surface area contributed by atoms with Crippen molar-refractivity contribution in [2.24, 2.45) is 5.92 Å². The number of piperidine rings is 1. The van der Waals surface area contributed by atoms with Gasteiger partial charge in [0.15, 0.2) is 0 Å². The van der Waals surface area contributed by atoms with Crippen molar-refractivity contribution in [1.29, 1.82) is 0 Å². The van der Waals surface area contributed by atoms with E-state index in [9.17, 15) is 14.0 Å². The molecule has 2 aromatic heterocycles. The van der Waals surface area contributed by atoms with Gasteiger partial charge in [-0.25, -0.2) is 14.4 Å². The number of carbonyl (C=O) groups is 2. The molecule has 1 fully saturated rings. The highest BCUT2D eigenvalue weighted by molar-refractivity contribution is 5.93. The summed E-state index contributed by atoms with van der Waals surface area (Å²) >= 11 is 0. The lowest BCUT2D eigenvalue weighted by Gasteiger charge is -2.32. The Hall–Kier alpha value is -4.07. The highest BCUT2D eigenvalue weighted by Crippen LogP contribution is 2.21. The fourth-order valence-corrected chi connectivity index (χ4v) is 4.29. The summed E-state index contributed by atoms with van der Waals surface area (Å²) in [6.45, 7) is 0.997. The minimum absolute atomic E-state index is 0.0531. The summed E-state index contributed by atoms with van der Waals surface area (Å²) in [5.41, 5.74) is 3.21. The molecule has 1 N–H and O–H groups in total. The molecule has 5 rings (SSSR count). The normalized spacial score (nSPS) is 15.9. The molecule has 1 atom stereocenters. The van der Waals surface area contributed by atoms with Gasteiger partial charge >= 0.3 is 0 Å². The first-order chi connectivity index (χ1) is 16.6. The fourth-order valence-electron chi connectivity index (χ4n) is 4.29. The molecule has 0 saturated carbocycles. The van der Waals surface area contributed by atoms with Crippen LogP contribution in [0.5, 0.6) is 0 Å². The number of imidazole rings is 1. The first-order valence-electron chi connectivity index (χ1n) is 11.3. The SMILES string of the molecule is O=C(Nc1ccc(-n2cnc3ccccc32)nc1)C1CCCN(C(=O)Cc2ccc(F)cc2)C1. The molecule has 1 aliphatic rings. The molecule has 0 aliphatic carbocycles. The van der Waals surface area contributed by atoms with Crippen LogP contribution in [0.2, 0.25) is 0 Å². The van der Waals surface area contributed by atoms with E-state index in [1.807, 2.05) is 41.0 Å². The number of likely N-dealkylation sites (tertiary alicyclic amines) is 1. The Morgan fingerprint density at radius 3 is 2.65 bits per heavy atom. The van der Waals surface area contributed by atoms with E-state index in [4.69, 9.17) is 0 Å². The van der Waals surface area contributed by atoms with Crippen molar-refractivity contribution in [1.82, 2.24) is 19.4 Å². The second-order valence-corrected chi connectivity index (χ2v) is 8.48. The van der Waals surface area contributed by atoms with Gasteiger partial charge in [0.1, 0.15) is 18.0 Å². The molecule has 1 saturated heterocycles. The van der Waals surface area contributed by atoms with E-state index in [1.54, 1.807) is 29.6 Å². The van der Waals surface area contributed by atoms with E-state index in [0.717, 1.165) is 29.4 Å². The zero-order valence-corrected chi connectivity index (χ0v) is 18.5. The van der Waals surface area contributed by atoms with Crippen LogP contribution in [0.15, 0.2) is 73.2 Å². The van der Waals surface area contributed by atoms with Gasteiger partial charge in [-0.05, 0) is 54.8 Å². The van der Waals surface area contributed by atoms with Crippen LogP contribution in [0.3, 0.4) is 0 Å². The summed E-state index contributed by atoms with van der Waals surface area (Å²) in [5, 5.41) is 2.93. The molecule has 0 bridgehead atoms. The summed E-state index contributed by atoms with van der Waals surface area (Å²) in [6, 6.07) is 17.4. The molecule has 1 aliphatic heterocycles. The highest BCUT2D eigenvalue weighted by Gasteiger charge is 2.28. The van der Waals surface area contributed by atoms with Crippen LogP contribution in [0, 0.1) is 11.7 Å². The number of benzene rings is 2. The molecule has 1 unspecified atom stereocenters. The van der Waals surface area contributed by atoms with Gasteiger partial charge in [-0.1, -0.05) is 24.3 Å². The second kappa shape index (κ2) is 9.43. The van der Waals surface area contributed by atoms with E-state index < -0.39 is 0 Å². The minimum atomic E-state index is -0.327. The van der Waals surface area contributed by atoms with Crippen LogP contribution in [-0.2, 0) is 16.0 Å². The number of hydrogen-bond acceptors (Lipinski definition) is 4. The van der Waals surface area contributed by atoms with Gasteiger partial charge in [0.05, 0.1) is 35.3 Å². The van der Waals surface area contributed by atoms with Crippen molar-refractivity contribution in [3.63, 3.8) is 0 Å². The number of pyridine rings is 1. The Morgan fingerprint density at radius 2 is 1.85 bits per heavy atom. The average molecular weight is 458 g/mol. The van der Waals surface area contributed by atoms with Gasteiger partial charge < -0.3 is 10.2 Å². The Kier molecular flexibility index (Phi) is 6.03. The molecule has 172 valence electrons. The molecule has 0 spiro atoms. The largest absolute Gasteiger partial charge is 0.342 e. The van der Waals surface area contributed by atoms with E-state index in [2.05, 4.69) is 15.3 Å². The lowest BCUT2D eigenvalue weighted by Crippen LogP contribution is -2.44. The molecule has 2 aromatic carbocycles. The predicted molar refractivity (Wildman–Crippen MR) is 127 cm³/mol. The number of anilines is 1. The van der Waals surface area contributed by atoms with E-state index in [0.29, 0.717) is 24.6 Å². The van der Waals surface area contributed by atoms with Crippen molar-refractivity contribution in [2.75, 3.05) is 18.4 Å². The molecular weight excluding hydrogens is 433 g/mol. The number of carbonyl (C=O) groups excluding carboxylic acids is 2. The van der Waals surface area contributed by atoms with Crippen LogP contribution >= 0.6 is 0 Å². The number of hydrogen-bond donors (Lipinski definition) is 1. The smallest absolute Gasteiger partial charge is 0.229 e. The summed E-state index contributed by atoms with van der Waals surface area (Å²) in [6.07, 6.45) is 5.03. The predicted octanol–water partition coefficient (Wildman–Crippen LogP) is 3.98. The lowest BCUT2D eigenvalue weighted by atomic mass is 9.96. The molecule has 4 aromatic rings. The van der Waals surface area contributed by atoms with Gasteiger partial charge in [-0.2, -0.15) is 0 Å². The van der Waals surface area contributed by atoms with Gasteiger partial charge in [0.2, 0.25) is 11.8 Å². The maximum Gasteiger partial charge on any atom is 0.229 e. The molecule has 7 nitrogen and oxygen atoms in total. The van der Waals surface area contributed by atoms with Crippen LogP contribution in [0.4, 0.5) is 10.1 Å². The average Bonchev–Trinajstić information content (AvgIpc) is 3.30. The van der Waals surface area contributed by atoms with Gasteiger partial charge in [0.25, 0.3) is 0 Å². The molecular formula is C26H24FN5O2. The number of halogens is 1. The molecule has 34 heavy (non-hydrogen) atoms. The Balaban J connectivity index is 1.20. The molecule has 8 heteroatoms. The van der Waals surface area contributed by atoms with Gasteiger partial charge in [-0.15, -0.1) is 0 Å². The summed E-state index contributed by atoms with van der Waals surface area (Å²) < 4.78 is 15.0. The fraction of sp³-hybridized carbons (Fsp3) is 0.231. The van der Waals surface area contributed by atoms with Crippen molar-refractivity contribution in [2.45, 2.75) is 19.3 Å². The van der Waals surface area contributed by atoms with Crippen molar-refractivity contribution >= 4 is 28.5 Å². The monoisotopic (exact) mass is 457 g/mol. The summed E-state index contributed by atoms with van der Waals surface area (Å²) in [5.74, 6) is -0.0819. The van der Waals surface area contributed by atoms with Crippen LogP contribution in [0.1, 0.15) is 18.4 Å². The third-order valence-electron chi connectivity index (χ3n) is 6.13. The van der Waals surface area contributed by atoms with Crippen LogP contribution in [0.25, 0.3) is 16.9 Å². The second-order valence-electron chi connectivity index (χ2n) is 8.48. The number of aromatic nitrogens is 3. The third kappa shape index (κ3) is 4.66. The van der Waals surface area contributed by atoms with Crippen molar-refractivity contribution in [3.8, 4) is 5.82 Å². The van der Waals surface area contributed by atoms with Gasteiger partial charge in [-0.3, -0.25) is 14.2 Å². The molecule has 0 radical (unpaired) electrons. The van der Waals surface area contributed by atoms with Crippen LogP contribution < -0.4 is 5.32 Å². The van der Waals surface area contributed by atoms with Gasteiger partial charge in [0, 0.05) is 13.1 Å². The Labute approximate surface area is 196 Å². The number of amides is 2. The first-order valence-corrected chi connectivity index (χ1v) is 11.3. The standard InChI is InChI=1S/C26H24FN5O2/c27-20-9-7-18(8-10-20)14-25(33)31-13-3-4-19(16-31)26(34)30-21-11-12-24(28-15-21)32-17-29-22-5-1-2-6-23(22)32/h1-2,5-12,15,17,19H,3-4,13-14,16H2,(H,30,34). The Bertz CT molecular complexity index is 1320. The molecule has 3 heterocycles. The number of nitrogens with zero attached hydrogens (tertiary/aromatic N) is 4. The van der Waals surface area contributed by atoms with Crippen LogP contribution in [-0.4, -0.2) is 44.3 Å². The quantitative estimate of drug-likeness (QED) is 0.492. The zero-order valence-electron chi connectivity index (χ0n) is 18.5. The molecule has 2 amide bonds. The number of fused-ring (bicyclic) bond motifs is 1. The maximum atomic E-state index is 13.1. The number of nitrogens with one attached hydrogen (secondary N) is 1. The third-order valence-corrected chi connectivity index (χ3v) is 6.13. The van der Waals surface area contributed by atoms with E-state index in [-0.39, 0.29) is 30.0 Å². The van der Waals surface area contributed by atoms with E-state index >= 15 is 0 Å². The van der Waals surface area contributed by atoms with Crippen molar-refractivity contribution in [3.05, 3.63) is 84.6 Å². The minimum Gasteiger partial charge on any atom is -0.342 e. The summed E-state index contributed by atoms with van der Waals surface area (Å²) in [4.78, 5) is 36.2. The maximum absolute atomic E-state index is 13.1. The zero-order chi connectivity index (χ0) is 23.5. The Morgan fingerprint density at radius 1 is 1.03 bits per heavy atom. The van der Waals surface area contributed by atoms with Crippen molar-refractivity contribution < 1.29 is 14.0 Å². The number of para-hydroxylation sites is 2. The first kappa shape index (κ1) is 21.8. The summed E-state index contributed by atoms with van der Waals surface area (Å²) in [7, 11) is 0. The number of rotatable bonds is 5.